The van der Waals surface area contributed by atoms with E-state index in [4.69, 9.17) is 4.74 Å². The Balaban J connectivity index is 2.24. The van der Waals surface area contributed by atoms with E-state index in [1.54, 1.807) is 25.0 Å². The van der Waals surface area contributed by atoms with Gasteiger partial charge < -0.3 is 9.84 Å². The zero-order valence-corrected chi connectivity index (χ0v) is 9.89. The molecule has 90 valence electrons. The molecule has 1 saturated carbocycles. The Morgan fingerprint density at radius 3 is 2.62 bits per heavy atom. The molecule has 1 N–H and O–H groups in total. The van der Waals surface area contributed by atoms with Crippen molar-refractivity contribution in [2.24, 2.45) is 7.05 Å². The Kier molecular flexibility index (Phi) is 3.25. The molecule has 0 saturated heterocycles. The van der Waals surface area contributed by atoms with E-state index in [0.717, 1.165) is 31.4 Å². The molecule has 1 fully saturated rings. The first kappa shape index (κ1) is 11.5. The summed E-state index contributed by atoms with van der Waals surface area (Å²) in [6, 6.07) is 0. The zero-order valence-electron chi connectivity index (χ0n) is 9.89. The van der Waals surface area contributed by atoms with Crippen LogP contribution in [0, 0.1) is 0 Å². The number of aromatic nitrogens is 3. The van der Waals surface area contributed by atoms with E-state index in [2.05, 4.69) is 10.3 Å². The highest BCUT2D eigenvalue weighted by Gasteiger charge is 2.41. The fourth-order valence-electron chi connectivity index (χ4n) is 2.55. The van der Waals surface area contributed by atoms with Gasteiger partial charge in [0.15, 0.2) is 0 Å². The molecule has 0 radical (unpaired) electrons. The Bertz CT molecular complexity index is 345. The van der Waals surface area contributed by atoms with Crippen LogP contribution >= 0.6 is 0 Å². The molecule has 5 nitrogen and oxygen atoms in total. The van der Waals surface area contributed by atoms with E-state index < -0.39 is 11.7 Å². The fourth-order valence-corrected chi connectivity index (χ4v) is 2.55. The Morgan fingerprint density at radius 2 is 2.12 bits per heavy atom. The van der Waals surface area contributed by atoms with Crippen LogP contribution in [0.25, 0.3) is 0 Å². The average molecular weight is 225 g/mol. The lowest BCUT2D eigenvalue weighted by Crippen LogP contribution is -2.41. The summed E-state index contributed by atoms with van der Waals surface area (Å²) in [6.07, 6.45) is 6.21. The highest BCUT2D eigenvalue weighted by Crippen LogP contribution is 2.40. The molecule has 1 aliphatic rings. The fraction of sp³-hybridized carbons (Fsp3) is 0.818. The van der Waals surface area contributed by atoms with Crippen molar-refractivity contribution in [3.63, 3.8) is 0 Å². The molecular formula is C11H19N3O2. The topological polar surface area (TPSA) is 60.2 Å². The van der Waals surface area contributed by atoms with Crippen molar-refractivity contribution in [3.05, 3.63) is 11.9 Å². The molecule has 1 heterocycles. The number of aliphatic hydroxyl groups excluding tert-OH is 1. The van der Waals surface area contributed by atoms with Crippen LogP contribution < -0.4 is 0 Å². The standard InChI is InChI=1S/C11H19N3O2/c1-14-9(8-12-13-14)10(15)11(16-2)6-4-3-5-7-11/h8,10,15H,3-7H2,1-2H3. The third-order valence-corrected chi connectivity index (χ3v) is 3.63. The molecule has 2 rings (SSSR count). The first-order valence-electron chi connectivity index (χ1n) is 5.77. The van der Waals surface area contributed by atoms with E-state index in [-0.39, 0.29) is 0 Å². The largest absolute Gasteiger partial charge is 0.384 e. The van der Waals surface area contributed by atoms with Crippen molar-refractivity contribution >= 4 is 0 Å². The van der Waals surface area contributed by atoms with Crippen molar-refractivity contribution in [2.75, 3.05) is 7.11 Å². The van der Waals surface area contributed by atoms with Gasteiger partial charge in [0.2, 0.25) is 0 Å². The minimum atomic E-state index is -0.641. The lowest BCUT2D eigenvalue weighted by molar-refractivity contribution is -0.127. The predicted octanol–water partition coefficient (Wildman–Crippen LogP) is 1.20. The quantitative estimate of drug-likeness (QED) is 0.839. The van der Waals surface area contributed by atoms with Gasteiger partial charge in [0.25, 0.3) is 0 Å². The van der Waals surface area contributed by atoms with Gasteiger partial charge in [0.05, 0.1) is 17.5 Å². The summed E-state index contributed by atoms with van der Waals surface area (Å²) in [6.45, 7) is 0. The number of hydrogen-bond donors (Lipinski definition) is 1. The van der Waals surface area contributed by atoms with Gasteiger partial charge in [-0.1, -0.05) is 24.5 Å². The van der Waals surface area contributed by atoms with Gasteiger partial charge >= 0.3 is 0 Å². The summed E-state index contributed by atoms with van der Waals surface area (Å²) < 4.78 is 7.21. The predicted molar refractivity (Wildman–Crippen MR) is 58.8 cm³/mol. The molecule has 0 amide bonds. The number of methoxy groups -OCH3 is 1. The van der Waals surface area contributed by atoms with Crippen LogP contribution in [0.1, 0.15) is 43.9 Å². The van der Waals surface area contributed by atoms with Crippen molar-refractivity contribution in [3.8, 4) is 0 Å². The maximum Gasteiger partial charge on any atom is 0.126 e. The molecule has 1 unspecified atom stereocenters. The minimum absolute atomic E-state index is 0.451. The van der Waals surface area contributed by atoms with Gasteiger partial charge in [-0.25, -0.2) is 4.68 Å². The first-order chi connectivity index (χ1) is 7.69. The zero-order chi connectivity index (χ0) is 11.6. The second kappa shape index (κ2) is 4.51. The highest BCUT2D eigenvalue weighted by atomic mass is 16.5. The van der Waals surface area contributed by atoms with E-state index in [1.807, 2.05) is 0 Å². The summed E-state index contributed by atoms with van der Waals surface area (Å²) in [5.41, 5.74) is 0.275. The molecule has 1 aromatic heterocycles. The molecule has 16 heavy (non-hydrogen) atoms. The summed E-state index contributed by atoms with van der Waals surface area (Å²) in [4.78, 5) is 0. The van der Waals surface area contributed by atoms with Crippen LogP contribution in [-0.4, -0.2) is 32.8 Å². The maximum absolute atomic E-state index is 10.4. The second-order valence-electron chi connectivity index (χ2n) is 4.51. The monoisotopic (exact) mass is 225 g/mol. The second-order valence-corrected chi connectivity index (χ2v) is 4.51. The van der Waals surface area contributed by atoms with E-state index in [0.29, 0.717) is 0 Å². The van der Waals surface area contributed by atoms with Crippen molar-refractivity contribution in [1.29, 1.82) is 0 Å². The molecule has 1 aromatic rings. The van der Waals surface area contributed by atoms with E-state index in [9.17, 15) is 5.11 Å². The summed E-state index contributed by atoms with van der Waals surface area (Å²) in [5.74, 6) is 0. The number of hydrogen-bond acceptors (Lipinski definition) is 4. The summed E-state index contributed by atoms with van der Waals surface area (Å²) in [5, 5.41) is 18.1. The number of rotatable bonds is 3. The Morgan fingerprint density at radius 1 is 1.44 bits per heavy atom. The van der Waals surface area contributed by atoms with Crippen LogP contribution in [-0.2, 0) is 11.8 Å². The molecule has 1 aliphatic carbocycles. The van der Waals surface area contributed by atoms with Crippen molar-refractivity contribution < 1.29 is 9.84 Å². The molecule has 0 aliphatic heterocycles. The minimum Gasteiger partial charge on any atom is -0.384 e. The van der Waals surface area contributed by atoms with Gasteiger partial charge in [-0.15, -0.1) is 5.10 Å². The smallest absolute Gasteiger partial charge is 0.126 e. The number of aliphatic hydroxyl groups is 1. The molecular weight excluding hydrogens is 206 g/mol. The third-order valence-electron chi connectivity index (χ3n) is 3.63. The van der Waals surface area contributed by atoms with E-state index in [1.165, 1.54) is 6.42 Å². The van der Waals surface area contributed by atoms with Gasteiger partial charge in [-0.05, 0) is 12.8 Å². The van der Waals surface area contributed by atoms with Gasteiger partial charge in [-0.2, -0.15) is 0 Å². The van der Waals surface area contributed by atoms with Crippen molar-refractivity contribution in [2.45, 2.75) is 43.8 Å². The number of nitrogens with zero attached hydrogens (tertiary/aromatic N) is 3. The van der Waals surface area contributed by atoms with E-state index >= 15 is 0 Å². The SMILES string of the molecule is COC1(C(O)c2cnnn2C)CCCCC1. The molecule has 0 aromatic carbocycles. The van der Waals surface area contributed by atoms with Crippen LogP contribution in [0.4, 0.5) is 0 Å². The molecule has 0 spiro atoms. The molecule has 0 bridgehead atoms. The van der Waals surface area contributed by atoms with Crippen molar-refractivity contribution in [1.82, 2.24) is 15.0 Å². The molecule has 5 heteroatoms. The molecule has 1 atom stereocenters. The average Bonchev–Trinajstić information content (AvgIpc) is 2.75. The van der Waals surface area contributed by atoms with Crippen LogP contribution in [0.2, 0.25) is 0 Å². The summed E-state index contributed by atoms with van der Waals surface area (Å²) >= 11 is 0. The number of ether oxygens (including phenoxy) is 1. The van der Waals surface area contributed by atoms with Crippen LogP contribution in [0.15, 0.2) is 6.20 Å². The van der Waals surface area contributed by atoms with Gasteiger partial charge in [-0.3, -0.25) is 0 Å². The van der Waals surface area contributed by atoms with Crippen LogP contribution in [0.3, 0.4) is 0 Å². The van der Waals surface area contributed by atoms with Gasteiger partial charge in [0.1, 0.15) is 6.10 Å². The summed E-state index contributed by atoms with van der Waals surface area (Å²) in [7, 11) is 3.47. The van der Waals surface area contributed by atoms with Crippen LogP contribution in [0.5, 0.6) is 0 Å². The lowest BCUT2D eigenvalue weighted by Gasteiger charge is -2.39. The maximum atomic E-state index is 10.4. The Labute approximate surface area is 95.4 Å². The van der Waals surface area contributed by atoms with Gasteiger partial charge in [0, 0.05) is 14.2 Å². The Hall–Kier alpha value is -0.940. The number of aryl methyl sites for hydroxylation is 1. The first-order valence-corrected chi connectivity index (χ1v) is 5.77. The third kappa shape index (κ3) is 1.85. The highest BCUT2D eigenvalue weighted by molar-refractivity contribution is 5.07. The normalized spacial score (nSPS) is 21.9. The lowest BCUT2D eigenvalue weighted by atomic mass is 9.79.